The number of fused-ring (bicyclic) bond motifs is 1. The zero-order valence-corrected chi connectivity index (χ0v) is 43.4. The molecule has 5 heteroatoms. The molecule has 0 aliphatic rings. The second-order valence-corrected chi connectivity index (χ2v) is 21.2. The Morgan fingerprint density at radius 3 is 1.76 bits per heavy atom. The van der Waals surface area contributed by atoms with Crippen LogP contribution in [-0.2, 0) is 42.7 Å². The van der Waals surface area contributed by atoms with Crippen molar-refractivity contribution in [2.45, 2.75) is 111 Å². The molecule has 2 heterocycles. The molecule has 358 valence electrons. The normalized spacial score (nSPS) is 15.6. The number of nitrogens with zero attached hydrogens (tertiary/aromatic N) is 3. The molecule has 0 aliphatic heterocycles. The van der Waals surface area contributed by atoms with Crippen LogP contribution in [0.25, 0.3) is 83.9 Å². The first kappa shape index (κ1) is 36.6. The molecule has 0 saturated carbocycles. The number of aromatic nitrogens is 3. The van der Waals surface area contributed by atoms with Crippen molar-refractivity contribution in [1.82, 2.24) is 14.5 Å². The van der Waals surface area contributed by atoms with Gasteiger partial charge in [-0.2, -0.15) is 0 Å². The van der Waals surface area contributed by atoms with E-state index >= 15 is 0 Å². The number of hydrogen-bond donors (Lipinski definition) is 1. The molecule has 70 heavy (non-hydrogen) atoms. The molecular weight excluding hydrogens is 1030 g/mol. The molecular formula is C65H66N3OPt-. The Kier molecular flexibility index (Phi) is 9.80. The Hall–Kier alpha value is -6.35. The largest absolute Gasteiger partial charge is 0.507 e. The minimum atomic E-state index is -3.40. The second kappa shape index (κ2) is 18.8. The van der Waals surface area contributed by atoms with Crippen LogP contribution in [-0.4, -0.2) is 19.6 Å². The predicted octanol–water partition coefficient (Wildman–Crippen LogP) is 17.4. The molecule has 0 aliphatic carbocycles. The van der Waals surface area contributed by atoms with Crippen LogP contribution in [0.5, 0.6) is 5.75 Å². The van der Waals surface area contributed by atoms with Gasteiger partial charge in [0, 0.05) is 60.5 Å². The van der Waals surface area contributed by atoms with Crippen molar-refractivity contribution < 1.29 is 42.6 Å². The number of pyridine rings is 1. The average Bonchev–Trinajstić information content (AvgIpc) is 1.22. The monoisotopic (exact) mass is 1110 g/mol. The van der Waals surface area contributed by atoms with Gasteiger partial charge in [0.05, 0.1) is 22.3 Å². The maximum atomic E-state index is 12.8. The van der Waals surface area contributed by atoms with Crippen LogP contribution in [0.2, 0.25) is 0 Å². The molecule has 0 amide bonds. The van der Waals surface area contributed by atoms with Gasteiger partial charge in [-0.05, 0) is 103 Å². The third-order valence-electron chi connectivity index (χ3n) is 13.0. The van der Waals surface area contributed by atoms with E-state index in [4.69, 9.17) is 26.4 Å². The molecule has 0 fully saturated rings. The van der Waals surface area contributed by atoms with Gasteiger partial charge < -0.3 is 5.11 Å². The van der Waals surface area contributed by atoms with Gasteiger partial charge in [-0.25, -0.2) is 4.98 Å². The van der Waals surface area contributed by atoms with E-state index in [9.17, 15) is 5.11 Å². The standard InChI is InChI=1S/C65H66N3O.Pt/c1-41-33-53(44-23-18-15-19-24-44)58(40-52(41)43-21-16-14-17-22-43)68-57-26-20-25-51(59(57)67-61(68)54-38-50(64(8,9)10)39-55(60(54)69)65(11,12)13)46-34-47(36-49(35-46)63(5,6)7)56-37-45(31-32-66-56)42-27-29-48(30-28-42)62(2,3)4;/h14-33,35-40,69H,1-13H3;/q-1;/i1D3,2D3,3D3,4D3;. The van der Waals surface area contributed by atoms with Crippen LogP contribution in [0, 0.1) is 12.9 Å². The van der Waals surface area contributed by atoms with Gasteiger partial charge in [0.15, 0.2) is 0 Å². The smallest absolute Gasteiger partial charge is 0.148 e. The number of phenols is 1. The Morgan fingerprint density at radius 2 is 1.14 bits per heavy atom. The molecule has 4 nitrogen and oxygen atoms in total. The number of benzene rings is 7. The number of para-hydroxylation sites is 1. The quantitative estimate of drug-likeness (QED) is 0.162. The number of aromatic hydroxyl groups is 1. The predicted molar refractivity (Wildman–Crippen MR) is 292 cm³/mol. The summed E-state index contributed by atoms with van der Waals surface area (Å²) in [6.07, 6.45) is 1.64. The zero-order chi connectivity index (χ0) is 59.2. The van der Waals surface area contributed by atoms with E-state index in [0.717, 1.165) is 33.4 Å². The maximum Gasteiger partial charge on any atom is 0.148 e. The molecule has 9 aromatic rings. The number of phenolic OH excluding ortho intramolecular Hbond substituents is 1. The summed E-state index contributed by atoms with van der Waals surface area (Å²) in [6.45, 7) is 6.26. The topological polar surface area (TPSA) is 50.9 Å². The van der Waals surface area contributed by atoms with E-state index in [0.29, 0.717) is 67.2 Å². The third-order valence-corrected chi connectivity index (χ3v) is 13.0. The summed E-state index contributed by atoms with van der Waals surface area (Å²) in [5.74, 6) is 0.512. The molecule has 2 aromatic heterocycles. The Bertz CT molecular complexity index is 3790. The summed E-state index contributed by atoms with van der Waals surface area (Å²) >= 11 is 0. The van der Waals surface area contributed by atoms with E-state index in [2.05, 4.69) is 80.5 Å². The summed E-state index contributed by atoms with van der Waals surface area (Å²) in [7, 11) is 0. The maximum absolute atomic E-state index is 12.8. The number of rotatable bonds is 7. The second-order valence-electron chi connectivity index (χ2n) is 21.2. The van der Waals surface area contributed by atoms with Crippen LogP contribution in [0.15, 0.2) is 158 Å². The summed E-state index contributed by atoms with van der Waals surface area (Å²) < 4.78 is 103. The van der Waals surface area contributed by atoms with Gasteiger partial charge in [-0.15, -0.1) is 29.3 Å². The first-order valence-corrected chi connectivity index (χ1v) is 23.4. The first-order chi connectivity index (χ1) is 37.5. The van der Waals surface area contributed by atoms with Crippen LogP contribution < -0.4 is 0 Å². The van der Waals surface area contributed by atoms with E-state index in [1.807, 2.05) is 108 Å². The Morgan fingerprint density at radius 1 is 0.514 bits per heavy atom. The van der Waals surface area contributed by atoms with E-state index < -0.39 is 43.7 Å². The van der Waals surface area contributed by atoms with Crippen molar-refractivity contribution in [1.29, 1.82) is 0 Å². The van der Waals surface area contributed by atoms with Gasteiger partial charge in [-0.1, -0.05) is 203 Å². The minimum absolute atomic E-state index is 0. The molecule has 0 atom stereocenters. The van der Waals surface area contributed by atoms with Gasteiger partial charge in [-0.3, -0.25) is 9.55 Å². The Labute approximate surface area is 448 Å². The molecule has 1 N–H and O–H groups in total. The first-order valence-electron chi connectivity index (χ1n) is 29.4. The van der Waals surface area contributed by atoms with E-state index in [-0.39, 0.29) is 43.4 Å². The van der Waals surface area contributed by atoms with Crippen molar-refractivity contribution in [2.75, 3.05) is 0 Å². The zero-order valence-electron chi connectivity index (χ0n) is 53.1. The Balaban J connectivity index is 0.00000880. The molecule has 9 rings (SSSR count). The van der Waals surface area contributed by atoms with Gasteiger partial charge in [0.1, 0.15) is 11.6 Å². The van der Waals surface area contributed by atoms with E-state index in [1.165, 1.54) is 24.3 Å². The van der Waals surface area contributed by atoms with Gasteiger partial charge in [0.25, 0.3) is 0 Å². The van der Waals surface area contributed by atoms with Crippen molar-refractivity contribution in [3.8, 4) is 78.6 Å². The molecule has 0 radical (unpaired) electrons. The summed E-state index contributed by atoms with van der Waals surface area (Å²) in [4.78, 5) is 10.4. The molecule has 7 aromatic carbocycles. The van der Waals surface area contributed by atoms with Crippen molar-refractivity contribution in [2.24, 2.45) is 0 Å². The van der Waals surface area contributed by atoms with E-state index in [1.54, 1.807) is 18.3 Å². The third kappa shape index (κ3) is 9.86. The summed E-state index contributed by atoms with van der Waals surface area (Å²) in [5, 5.41) is 12.8. The minimum Gasteiger partial charge on any atom is -0.507 e. The average molecular weight is 1110 g/mol. The molecule has 0 spiro atoms. The van der Waals surface area contributed by atoms with Crippen molar-refractivity contribution in [3.63, 3.8) is 0 Å². The van der Waals surface area contributed by atoms with Gasteiger partial charge in [0.2, 0.25) is 0 Å². The fourth-order valence-electron chi connectivity index (χ4n) is 8.99. The van der Waals surface area contributed by atoms with Gasteiger partial charge >= 0.3 is 0 Å². The SMILES string of the molecule is [2H]C([2H])([2H])c1cc(-c2ccccc2)c(-n2c(-c3cc(C(C)(C)C)cc(C(C)(C)C)c3O)nc3c(-c4[c-]c(-c5cc(-c6ccc(C(C([2H])([2H])[2H])(C([2H])([2H])[2H])C([2H])([2H])[2H])cc6)ccn5)cc(C(C)(C)C)c4)cccc32)cc1-c1ccccc1.[Pt]. The van der Waals surface area contributed by atoms with Crippen molar-refractivity contribution >= 4 is 11.0 Å². The molecule has 0 unspecified atom stereocenters. The molecule has 0 saturated heterocycles. The summed E-state index contributed by atoms with van der Waals surface area (Å²) in [5.41, 5.74) is 7.04. The fourth-order valence-corrected chi connectivity index (χ4v) is 8.99. The fraction of sp³-hybridized carbons (Fsp3) is 0.262. The van der Waals surface area contributed by atoms with Crippen LogP contribution >= 0.6 is 0 Å². The van der Waals surface area contributed by atoms with Crippen LogP contribution in [0.4, 0.5) is 0 Å². The molecule has 0 bridgehead atoms. The van der Waals surface area contributed by atoms with Crippen LogP contribution in [0.3, 0.4) is 0 Å². The number of imidazole rings is 1. The number of aryl methyl sites for hydroxylation is 1. The van der Waals surface area contributed by atoms with Crippen molar-refractivity contribution in [3.05, 3.63) is 192 Å². The number of hydrogen-bond acceptors (Lipinski definition) is 3. The summed E-state index contributed by atoms with van der Waals surface area (Å²) in [6, 6.07) is 50.0. The van der Waals surface area contributed by atoms with Crippen LogP contribution in [0.1, 0.15) is 127 Å².